The van der Waals surface area contributed by atoms with E-state index in [1.54, 1.807) is 0 Å². The maximum atomic E-state index is 6.54. The van der Waals surface area contributed by atoms with Crippen LogP contribution in [0.4, 0.5) is 0 Å². The Morgan fingerprint density at radius 1 is 0.400 bits per heavy atom. The predicted molar refractivity (Wildman–Crippen MR) is 227 cm³/mol. The normalized spacial score (nSPS) is 11.6. The molecule has 3 aromatic carbocycles. The molecule has 274 valence electrons. The van der Waals surface area contributed by atoms with Crippen molar-refractivity contribution in [1.29, 1.82) is 0 Å². The maximum Gasteiger partial charge on any atom is 0.127 e. The van der Waals surface area contributed by atoms with Gasteiger partial charge in [0, 0.05) is 20.1 Å². The summed E-state index contributed by atoms with van der Waals surface area (Å²) in [5.41, 5.74) is 4.42. The second kappa shape index (κ2) is 27.4. The van der Waals surface area contributed by atoms with Crippen molar-refractivity contribution in [1.82, 2.24) is 0 Å². The molecule has 3 rings (SSSR count). The van der Waals surface area contributed by atoms with Crippen LogP contribution in [0, 0.1) is 0 Å². The zero-order valence-corrected chi connectivity index (χ0v) is 34.4. The lowest BCUT2D eigenvalue weighted by atomic mass is 10.0. The van der Waals surface area contributed by atoms with E-state index in [9.17, 15) is 0 Å². The summed E-state index contributed by atoms with van der Waals surface area (Å²) < 4.78 is 15.2. The minimum absolute atomic E-state index is 0.726. The quantitative estimate of drug-likeness (QED) is 0.0537. The van der Waals surface area contributed by atoms with Gasteiger partial charge >= 0.3 is 0 Å². The van der Waals surface area contributed by atoms with E-state index in [4.69, 9.17) is 9.47 Å². The average Bonchev–Trinajstić information content (AvgIpc) is 3.13. The van der Waals surface area contributed by atoms with Gasteiger partial charge in [0.15, 0.2) is 0 Å². The summed E-state index contributed by atoms with van der Waals surface area (Å²) in [6, 6.07) is 21.2. The molecule has 50 heavy (non-hydrogen) atoms. The largest absolute Gasteiger partial charge is 0.493 e. The molecular weight excluding hydrogens is 744 g/mol. The molecule has 3 aromatic rings. The fourth-order valence-corrected chi connectivity index (χ4v) is 6.69. The summed E-state index contributed by atoms with van der Waals surface area (Å²) in [5, 5.41) is 0. The third-order valence-electron chi connectivity index (χ3n) is 9.30. The highest BCUT2D eigenvalue weighted by Crippen LogP contribution is 2.33. The van der Waals surface area contributed by atoms with E-state index in [1.807, 2.05) is 0 Å². The fraction of sp³-hybridized carbons (Fsp3) is 0.522. The van der Waals surface area contributed by atoms with Gasteiger partial charge in [-0.2, -0.15) is 0 Å². The Hall–Kier alpha value is -2.30. The first-order valence-corrected chi connectivity index (χ1v) is 21.5. The van der Waals surface area contributed by atoms with Crippen LogP contribution in [0.2, 0.25) is 0 Å². The van der Waals surface area contributed by atoms with Crippen LogP contribution in [-0.4, -0.2) is 13.2 Å². The molecule has 0 atom stereocenters. The van der Waals surface area contributed by atoms with E-state index in [2.05, 4.69) is 131 Å². The number of ether oxygens (including phenoxy) is 2. The van der Waals surface area contributed by atoms with E-state index < -0.39 is 0 Å². The molecule has 0 radical (unpaired) electrons. The predicted octanol–water partition coefficient (Wildman–Crippen LogP) is 16.2. The first-order chi connectivity index (χ1) is 24.6. The third kappa shape index (κ3) is 18.8. The monoisotopic (exact) mass is 806 g/mol. The molecule has 2 nitrogen and oxygen atoms in total. The Balaban J connectivity index is 1.67. The number of unbranched alkanes of at least 4 members (excludes halogenated alkanes) is 18. The fourth-order valence-electron chi connectivity index (χ4n) is 6.16. The van der Waals surface area contributed by atoms with Crippen molar-refractivity contribution in [3.63, 3.8) is 0 Å². The molecule has 4 heteroatoms. The third-order valence-corrected chi connectivity index (χ3v) is 10.4. The van der Waals surface area contributed by atoms with Crippen molar-refractivity contribution in [2.24, 2.45) is 0 Å². The van der Waals surface area contributed by atoms with Gasteiger partial charge in [0.1, 0.15) is 11.5 Å². The van der Waals surface area contributed by atoms with Crippen molar-refractivity contribution < 1.29 is 9.47 Å². The molecule has 0 saturated carbocycles. The van der Waals surface area contributed by atoms with E-state index in [0.717, 1.165) is 68.8 Å². The zero-order valence-electron chi connectivity index (χ0n) is 31.2. The van der Waals surface area contributed by atoms with E-state index >= 15 is 0 Å². The Bertz CT molecular complexity index is 1240. The average molecular weight is 809 g/mol. The minimum Gasteiger partial charge on any atom is -0.493 e. The summed E-state index contributed by atoms with van der Waals surface area (Å²) in [5.74, 6) is 1.83. The van der Waals surface area contributed by atoms with E-state index in [1.165, 1.54) is 116 Å². The van der Waals surface area contributed by atoms with Crippen LogP contribution in [0.25, 0.3) is 24.3 Å². The van der Waals surface area contributed by atoms with Crippen molar-refractivity contribution in [3.05, 3.63) is 91.9 Å². The van der Waals surface area contributed by atoms with Crippen molar-refractivity contribution >= 4 is 56.2 Å². The van der Waals surface area contributed by atoms with Crippen LogP contribution in [0.5, 0.6) is 11.5 Å². The number of hydrogen-bond acceptors (Lipinski definition) is 2. The Morgan fingerprint density at radius 2 is 0.700 bits per heavy atom. The van der Waals surface area contributed by atoms with E-state index in [0.29, 0.717) is 0 Å². The number of rotatable bonds is 28. The molecule has 0 aliphatic rings. The Morgan fingerprint density at radius 3 is 1.02 bits per heavy atom. The van der Waals surface area contributed by atoms with Gasteiger partial charge in [-0.05, 0) is 60.4 Å². The number of hydrogen-bond donors (Lipinski definition) is 0. The van der Waals surface area contributed by atoms with Crippen molar-refractivity contribution in [2.75, 3.05) is 13.2 Å². The second-order valence-corrected chi connectivity index (χ2v) is 15.6. The number of benzene rings is 3. The van der Waals surface area contributed by atoms with Gasteiger partial charge in [-0.1, -0.05) is 210 Å². The molecule has 0 N–H and O–H groups in total. The highest BCUT2D eigenvalue weighted by atomic mass is 79.9. The summed E-state index contributed by atoms with van der Waals surface area (Å²) in [7, 11) is 0. The molecule has 0 aromatic heterocycles. The molecule has 0 unspecified atom stereocenters. The summed E-state index contributed by atoms with van der Waals surface area (Å²) >= 11 is 7.12. The highest BCUT2D eigenvalue weighted by Gasteiger charge is 2.11. The second-order valence-electron chi connectivity index (χ2n) is 13.8. The van der Waals surface area contributed by atoms with Crippen LogP contribution >= 0.6 is 31.9 Å². The molecular formula is C46H64Br2O2. The van der Waals surface area contributed by atoms with Crippen LogP contribution in [0.15, 0.2) is 69.6 Å². The molecule has 0 aliphatic heterocycles. The van der Waals surface area contributed by atoms with Crippen molar-refractivity contribution in [3.8, 4) is 11.5 Å². The first kappa shape index (κ1) is 42.1. The van der Waals surface area contributed by atoms with Crippen LogP contribution in [0.1, 0.15) is 165 Å². The zero-order chi connectivity index (χ0) is 35.5. The van der Waals surface area contributed by atoms with Gasteiger partial charge in [-0.25, -0.2) is 0 Å². The van der Waals surface area contributed by atoms with E-state index in [-0.39, 0.29) is 0 Å². The standard InChI is InChI=1S/C46H64Br2O2/c1-3-5-7-9-11-13-15-17-19-21-35-49-45-37-42(30-24-40-27-33-44(48)34-28-40)46(38-41(45)29-23-39-25-31-43(47)32-26-39)50-36-22-20-18-16-14-12-10-8-6-4-2/h23-34,37-38H,3-22,35-36H2,1-2H3. The van der Waals surface area contributed by atoms with Crippen LogP contribution in [-0.2, 0) is 0 Å². The molecule has 0 fully saturated rings. The van der Waals surface area contributed by atoms with Crippen molar-refractivity contribution in [2.45, 2.75) is 142 Å². The van der Waals surface area contributed by atoms with Gasteiger partial charge in [0.05, 0.1) is 13.2 Å². The molecule has 0 bridgehead atoms. The summed E-state index contributed by atoms with van der Waals surface area (Å²) in [6.07, 6.45) is 35.0. The topological polar surface area (TPSA) is 18.5 Å². The van der Waals surface area contributed by atoms with Gasteiger partial charge in [0.2, 0.25) is 0 Å². The SMILES string of the molecule is CCCCCCCCCCCCOc1cc(C=Cc2ccc(Br)cc2)c(OCCCCCCCCCCCC)cc1C=Cc1ccc(Br)cc1. The highest BCUT2D eigenvalue weighted by molar-refractivity contribution is 9.10. The summed E-state index contributed by atoms with van der Waals surface area (Å²) in [4.78, 5) is 0. The van der Waals surface area contributed by atoms with Crippen LogP contribution < -0.4 is 9.47 Å². The smallest absolute Gasteiger partial charge is 0.127 e. The molecule has 0 spiro atoms. The molecule has 0 aliphatic carbocycles. The Kier molecular flexibility index (Phi) is 23.0. The first-order valence-electron chi connectivity index (χ1n) is 19.9. The van der Waals surface area contributed by atoms with Gasteiger partial charge < -0.3 is 9.47 Å². The summed E-state index contributed by atoms with van der Waals surface area (Å²) in [6.45, 7) is 6.02. The Labute approximate surface area is 322 Å². The lowest BCUT2D eigenvalue weighted by molar-refractivity contribution is 0.295. The molecule has 0 heterocycles. The van der Waals surface area contributed by atoms with Gasteiger partial charge in [-0.15, -0.1) is 0 Å². The minimum atomic E-state index is 0.726. The lowest BCUT2D eigenvalue weighted by Gasteiger charge is -2.16. The van der Waals surface area contributed by atoms with Gasteiger partial charge in [-0.3, -0.25) is 0 Å². The lowest BCUT2D eigenvalue weighted by Crippen LogP contribution is -2.03. The molecule has 0 amide bonds. The molecule has 0 saturated heterocycles. The number of halogens is 2. The van der Waals surface area contributed by atoms with Crippen LogP contribution in [0.3, 0.4) is 0 Å². The maximum absolute atomic E-state index is 6.54. The van der Waals surface area contributed by atoms with Gasteiger partial charge in [0.25, 0.3) is 0 Å².